The van der Waals surface area contributed by atoms with Crippen LogP contribution in [0.15, 0.2) is 4.99 Å². The van der Waals surface area contributed by atoms with E-state index >= 15 is 0 Å². The summed E-state index contributed by atoms with van der Waals surface area (Å²) in [6, 6.07) is 0.316. The highest BCUT2D eigenvalue weighted by molar-refractivity contribution is 5.80. The van der Waals surface area contributed by atoms with E-state index in [4.69, 9.17) is 4.74 Å². The molecule has 0 rings (SSSR count). The van der Waals surface area contributed by atoms with Crippen molar-refractivity contribution in [3.8, 4) is 0 Å². The summed E-state index contributed by atoms with van der Waals surface area (Å²) in [5.74, 6) is 0.771. The summed E-state index contributed by atoms with van der Waals surface area (Å²) in [7, 11) is 0. The molecule has 0 atom stereocenters. The van der Waals surface area contributed by atoms with Gasteiger partial charge in [-0.3, -0.25) is 4.99 Å². The van der Waals surface area contributed by atoms with Gasteiger partial charge in [0, 0.05) is 25.7 Å². The van der Waals surface area contributed by atoms with Gasteiger partial charge in [-0.15, -0.1) is 0 Å². The topological polar surface area (TPSA) is 66.0 Å². The average Bonchev–Trinajstić information content (AvgIpc) is 2.31. The standard InChI is InChI=1S/C15H32N4O2/c1-8-16-13(18-12(3)4)17-10-11-19(9-2)14(20)21-15(5,6)7/h12H,8-11H2,1-7H3,(H2,16,17,18). The van der Waals surface area contributed by atoms with E-state index in [1.54, 1.807) is 4.90 Å². The van der Waals surface area contributed by atoms with E-state index in [0.29, 0.717) is 25.7 Å². The second-order valence-corrected chi connectivity index (χ2v) is 6.12. The van der Waals surface area contributed by atoms with Crippen molar-refractivity contribution in [2.75, 3.05) is 26.2 Å². The Balaban J connectivity index is 4.45. The Kier molecular flexibility index (Phi) is 8.81. The van der Waals surface area contributed by atoms with E-state index in [2.05, 4.69) is 29.5 Å². The number of hydrogen-bond donors (Lipinski definition) is 2. The first kappa shape index (κ1) is 19.5. The summed E-state index contributed by atoms with van der Waals surface area (Å²) in [5, 5.41) is 6.42. The molecule has 0 aliphatic carbocycles. The van der Waals surface area contributed by atoms with Crippen molar-refractivity contribution in [1.82, 2.24) is 15.5 Å². The smallest absolute Gasteiger partial charge is 0.410 e. The number of rotatable bonds is 6. The molecule has 0 spiro atoms. The van der Waals surface area contributed by atoms with Crippen LogP contribution in [-0.4, -0.2) is 54.8 Å². The second-order valence-electron chi connectivity index (χ2n) is 6.12. The van der Waals surface area contributed by atoms with E-state index in [9.17, 15) is 4.79 Å². The lowest BCUT2D eigenvalue weighted by molar-refractivity contribution is 0.0266. The van der Waals surface area contributed by atoms with Crippen LogP contribution in [0.2, 0.25) is 0 Å². The van der Waals surface area contributed by atoms with Crippen LogP contribution in [0.4, 0.5) is 4.79 Å². The fourth-order valence-electron chi connectivity index (χ4n) is 1.58. The predicted octanol–water partition coefficient (Wildman–Crippen LogP) is 2.21. The van der Waals surface area contributed by atoms with Gasteiger partial charge in [-0.2, -0.15) is 0 Å². The van der Waals surface area contributed by atoms with E-state index in [-0.39, 0.29) is 6.09 Å². The molecule has 21 heavy (non-hydrogen) atoms. The van der Waals surface area contributed by atoms with E-state index in [1.807, 2.05) is 34.6 Å². The lowest BCUT2D eigenvalue weighted by Gasteiger charge is -2.26. The lowest BCUT2D eigenvalue weighted by atomic mass is 10.2. The highest BCUT2D eigenvalue weighted by atomic mass is 16.6. The number of hydrogen-bond acceptors (Lipinski definition) is 3. The molecule has 0 fully saturated rings. The molecule has 124 valence electrons. The fraction of sp³-hybridized carbons (Fsp3) is 0.867. The Bertz CT molecular complexity index is 335. The Labute approximate surface area is 129 Å². The zero-order valence-corrected chi connectivity index (χ0v) is 14.6. The summed E-state index contributed by atoms with van der Waals surface area (Å²) >= 11 is 0. The normalized spacial score (nSPS) is 12.3. The molecule has 0 saturated heterocycles. The van der Waals surface area contributed by atoms with Gasteiger partial charge in [0.05, 0.1) is 6.54 Å². The molecule has 0 heterocycles. The molecule has 0 saturated carbocycles. The molecule has 6 heteroatoms. The van der Waals surface area contributed by atoms with Crippen LogP contribution in [0.25, 0.3) is 0 Å². The number of likely N-dealkylation sites (N-methyl/N-ethyl adjacent to an activating group) is 1. The lowest BCUT2D eigenvalue weighted by Crippen LogP contribution is -2.42. The molecule has 0 aromatic rings. The highest BCUT2D eigenvalue weighted by Gasteiger charge is 2.20. The summed E-state index contributed by atoms with van der Waals surface area (Å²) in [6.45, 7) is 16.2. The molecule has 2 N–H and O–H groups in total. The van der Waals surface area contributed by atoms with Crippen LogP contribution < -0.4 is 10.6 Å². The Morgan fingerprint density at radius 1 is 1.29 bits per heavy atom. The Morgan fingerprint density at radius 2 is 1.90 bits per heavy atom. The van der Waals surface area contributed by atoms with Crippen LogP contribution >= 0.6 is 0 Å². The number of amides is 1. The maximum atomic E-state index is 12.0. The van der Waals surface area contributed by atoms with Crippen molar-refractivity contribution in [2.24, 2.45) is 4.99 Å². The van der Waals surface area contributed by atoms with Gasteiger partial charge in [-0.1, -0.05) is 0 Å². The quantitative estimate of drug-likeness (QED) is 0.583. The summed E-state index contributed by atoms with van der Waals surface area (Å²) < 4.78 is 5.37. The van der Waals surface area contributed by atoms with Gasteiger partial charge in [-0.05, 0) is 48.5 Å². The highest BCUT2D eigenvalue weighted by Crippen LogP contribution is 2.09. The van der Waals surface area contributed by atoms with Crippen LogP contribution in [0.1, 0.15) is 48.5 Å². The minimum absolute atomic E-state index is 0.290. The number of nitrogens with zero attached hydrogens (tertiary/aromatic N) is 2. The fourth-order valence-corrected chi connectivity index (χ4v) is 1.58. The Morgan fingerprint density at radius 3 is 2.33 bits per heavy atom. The zero-order chi connectivity index (χ0) is 16.5. The molecule has 0 radical (unpaired) electrons. The van der Waals surface area contributed by atoms with Gasteiger partial charge in [0.25, 0.3) is 0 Å². The van der Waals surface area contributed by atoms with Crippen molar-refractivity contribution in [2.45, 2.75) is 60.1 Å². The maximum absolute atomic E-state index is 12.0. The second kappa shape index (κ2) is 9.47. The van der Waals surface area contributed by atoms with Gasteiger partial charge in [0.15, 0.2) is 5.96 Å². The van der Waals surface area contributed by atoms with Crippen molar-refractivity contribution in [1.29, 1.82) is 0 Å². The molecular weight excluding hydrogens is 268 g/mol. The minimum Gasteiger partial charge on any atom is -0.444 e. The molecule has 0 aliphatic rings. The number of aliphatic imine (C=N–C) groups is 1. The molecular formula is C15H32N4O2. The van der Waals surface area contributed by atoms with Crippen molar-refractivity contribution in [3.63, 3.8) is 0 Å². The molecule has 0 aliphatic heterocycles. The van der Waals surface area contributed by atoms with E-state index in [0.717, 1.165) is 12.5 Å². The number of carbonyl (C=O) groups excluding carboxylic acids is 1. The van der Waals surface area contributed by atoms with Crippen LogP contribution in [0.3, 0.4) is 0 Å². The van der Waals surface area contributed by atoms with E-state index in [1.165, 1.54) is 0 Å². The first-order chi connectivity index (χ1) is 9.69. The molecule has 0 unspecified atom stereocenters. The number of nitrogens with one attached hydrogen (secondary N) is 2. The molecule has 1 amide bonds. The van der Waals surface area contributed by atoms with Crippen molar-refractivity contribution < 1.29 is 9.53 Å². The SMILES string of the molecule is CCNC(=NCCN(CC)C(=O)OC(C)(C)C)NC(C)C. The summed E-state index contributed by atoms with van der Waals surface area (Å²) in [6.07, 6.45) is -0.290. The van der Waals surface area contributed by atoms with Crippen LogP contribution in [0.5, 0.6) is 0 Å². The third-order valence-electron chi connectivity index (χ3n) is 2.44. The third kappa shape index (κ3) is 9.98. The number of carbonyl (C=O) groups is 1. The molecule has 0 aromatic heterocycles. The summed E-state index contributed by atoms with van der Waals surface area (Å²) in [4.78, 5) is 18.1. The molecule has 0 bridgehead atoms. The first-order valence-corrected chi connectivity index (χ1v) is 7.72. The van der Waals surface area contributed by atoms with Crippen LogP contribution in [0, 0.1) is 0 Å². The first-order valence-electron chi connectivity index (χ1n) is 7.72. The monoisotopic (exact) mass is 300 g/mol. The average molecular weight is 300 g/mol. The Hall–Kier alpha value is -1.46. The van der Waals surface area contributed by atoms with Gasteiger partial charge in [0.2, 0.25) is 0 Å². The van der Waals surface area contributed by atoms with Gasteiger partial charge in [0.1, 0.15) is 5.60 Å². The van der Waals surface area contributed by atoms with Gasteiger partial charge < -0.3 is 20.3 Å². The largest absolute Gasteiger partial charge is 0.444 e. The number of guanidine groups is 1. The van der Waals surface area contributed by atoms with E-state index < -0.39 is 5.60 Å². The number of ether oxygens (including phenoxy) is 1. The van der Waals surface area contributed by atoms with Crippen molar-refractivity contribution >= 4 is 12.1 Å². The molecule has 0 aromatic carbocycles. The van der Waals surface area contributed by atoms with Gasteiger partial charge >= 0.3 is 6.09 Å². The third-order valence-corrected chi connectivity index (χ3v) is 2.44. The maximum Gasteiger partial charge on any atom is 0.410 e. The summed E-state index contributed by atoms with van der Waals surface area (Å²) in [5.41, 5.74) is -0.470. The predicted molar refractivity (Wildman–Crippen MR) is 87.7 cm³/mol. The van der Waals surface area contributed by atoms with Gasteiger partial charge in [-0.25, -0.2) is 4.79 Å². The van der Waals surface area contributed by atoms with Crippen molar-refractivity contribution in [3.05, 3.63) is 0 Å². The minimum atomic E-state index is -0.470. The molecule has 6 nitrogen and oxygen atoms in total. The zero-order valence-electron chi connectivity index (χ0n) is 14.6. The van der Waals surface area contributed by atoms with Crippen LogP contribution in [-0.2, 0) is 4.74 Å².